The fourth-order valence-corrected chi connectivity index (χ4v) is 4.01. The van der Waals surface area contributed by atoms with Gasteiger partial charge < -0.3 is 5.11 Å². The number of halogens is 1. The molecule has 0 aliphatic carbocycles. The summed E-state index contributed by atoms with van der Waals surface area (Å²) in [6, 6.07) is 1.21. The first kappa shape index (κ1) is 19.3. The third kappa shape index (κ3) is 5.44. The molecule has 130 valence electrons. The molecule has 0 spiro atoms. The maximum Gasteiger partial charge on any atom is 0.321 e. The molecule has 0 heterocycles. The van der Waals surface area contributed by atoms with Gasteiger partial charge in [0.1, 0.15) is 16.8 Å². The number of anilines is 1. The van der Waals surface area contributed by atoms with Crippen LogP contribution in [0, 0.1) is 5.82 Å². The summed E-state index contributed by atoms with van der Waals surface area (Å²) < 4.78 is 64.9. The molecular formula is C12H17FN2O6S2. The number of hydrogen-bond donors (Lipinski definition) is 3. The van der Waals surface area contributed by atoms with Gasteiger partial charge in [0.05, 0.1) is 11.4 Å². The molecule has 11 heteroatoms. The summed E-state index contributed by atoms with van der Waals surface area (Å²) in [7, 11) is -8.03. The molecule has 0 radical (unpaired) electrons. The second-order valence-electron chi connectivity index (χ2n) is 4.75. The third-order valence-electron chi connectivity index (χ3n) is 2.67. The summed E-state index contributed by atoms with van der Waals surface area (Å²) in [5, 5.41) is 8.69. The molecule has 0 amide bonds. The number of benzene rings is 1. The molecule has 1 rings (SSSR count). The lowest BCUT2D eigenvalue weighted by Gasteiger charge is -2.12. The second kappa shape index (κ2) is 7.23. The summed E-state index contributed by atoms with van der Waals surface area (Å²) in [5.41, 5.74) is -0.124. The molecule has 3 N–H and O–H groups in total. The lowest BCUT2D eigenvalue weighted by atomic mass is 10.3. The molecule has 0 fully saturated rings. The van der Waals surface area contributed by atoms with Gasteiger partial charge in [-0.3, -0.25) is 9.52 Å². The highest BCUT2D eigenvalue weighted by Gasteiger charge is 2.25. The van der Waals surface area contributed by atoms with Crippen molar-refractivity contribution in [1.82, 2.24) is 4.72 Å². The van der Waals surface area contributed by atoms with Crippen LogP contribution in [-0.4, -0.2) is 39.7 Å². The quantitative estimate of drug-likeness (QED) is 0.620. The Morgan fingerprint density at radius 2 is 1.91 bits per heavy atom. The van der Waals surface area contributed by atoms with Gasteiger partial charge in [-0.05, 0) is 31.5 Å². The molecule has 1 unspecified atom stereocenters. The maximum absolute atomic E-state index is 14.0. The number of carboxylic acid groups (broad SMARTS) is 1. The normalized spacial score (nSPS) is 13.5. The van der Waals surface area contributed by atoms with Gasteiger partial charge in [-0.2, -0.15) is 4.72 Å². The number of hydrogen-bond acceptors (Lipinski definition) is 5. The van der Waals surface area contributed by atoms with Crippen LogP contribution in [0.15, 0.2) is 23.1 Å². The summed E-state index contributed by atoms with van der Waals surface area (Å²) >= 11 is 0. The monoisotopic (exact) mass is 368 g/mol. The van der Waals surface area contributed by atoms with Crippen LogP contribution >= 0.6 is 0 Å². The van der Waals surface area contributed by atoms with Crippen LogP contribution in [0.4, 0.5) is 10.1 Å². The van der Waals surface area contributed by atoms with Crippen LogP contribution < -0.4 is 9.44 Å². The number of carboxylic acids is 1. The van der Waals surface area contributed by atoms with Gasteiger partial charge in [0.15, 0.2) is 0 Å². The van der Waals surface area contributed by atoms with Crippen molar-refractivity contribution in [3.63, 3.8) is 0 Å². The first-order valence-corrected chi connectivity index (χ1v) is 9.67. The SMILES string of the molecule is CCCS(=O)(=O)Nc1ccc(S(=O)(=O)NC(C)C(=O)O)c(F)c1. The Morgan fingerprint density at radius 3 is 2.39 bits per heavy atom. The second-order valence-corrected chi connectivity index (χ2v) is 8.27. The highest BCUT2D eigenvalue weighted by molar-refractivity contribution is 7.92. The highest BCUT2D eigenvalue weighted by Crippen LogP contribution is 2.20. The number of carbonyl (C=O) groups is 1. The fourth-order valence-electron chi connectivity index (χ4n) is 1.63. The molecule has 0 aliphatic heterocycles. The fraction of sp³-hybridized carbons (Fsp3) is 0.417. The first-order valence-electron chi connectivity index (χ1n) is 6.53. The molecule has 23 heavy (non-hydrogen) atoms. The summed E-state index contributed by atoms with van der Waals surface area (Å²) in [6.07, 6.45) is 0.362. The highest BCUT2D eigenvalue weighted by atomic mass is 32.2. The predicted molar refractivity (Wildman–Crippen MR) is 81.5 cm³/mol. The van der Waals surface area contributed by atoms with Crippen molar-refractivity contribution in [2.45, 2.75) is 31.2 Å². The van der Waals surface area contributed by atoms with E-state index in [0.717, 1.165) is 19.1 Å². The minimum Gasteiger partial charge on any atom is -0.480 e. The van der Waals surface area contributed by atoms with E-state index in [-0.39, 0.29) is 11.4 Å². The minimum absolute atomic E-state index is 0.124. The van der Waals surface area contributed by atoms with E-state index >= 15 is 0 Å². The zero-order chi connectivity index (χ0) is 17.8. The Morgan fingerprint density at radius 1 is 1.30 bits per heavy atom. The Labute approximate surface area is 133 Å². The summed E-state index contributed by atoms with van der Waals surface area (Å²) in [4.78, 5) is 9.89. The molecule has 0 saturated heterocycles. The van der Waals surface area contributed by atoms with E-state index in [1.54, 1.807) is 11.6 Å². The van der Waals surface area contributed by atoms with Crippen LogP contribution in [-0.2, 0) is 24.8 Å². The van der Waals surface area contributed by atoms with E-state index in [0.29, 0.717) is 12.5 Å². The Balaban J connectivity index is 3.07. The standard InChI is InChI=1S/C12H17FN2O6S2/c1-3-6-22(18,19)15-9-4-5-11(10(13)7-9)23(20,21)14-8(2)12(16)17/h4-5,7-8,14-15H,3,6H2,1-2H3,(H,16,17). The first-order chi connectivity index (χ1) is 10.5. The van der Waals surface area contributed by atoms with E-state index < -0.39 is 42.8 Å². The molecule has 8 nitrogen and oxygen atoms in total. The van der Waals surface area contributed by atoms with Gasteiger partial charge >= 0.3 is 5.97 Å². The van der Waals surface area contributed by atoms with Gasteiger partial charge in [0.25, 0.3) is 0 Å². The zero-order valence-corrected chi connectivity index (χ0v) is 14.0. The van der Waals surface area contributed by atoms with Gasteiger partial charge in [0.2, 0.25) is 20.0 Å². The molecule has 1 aromatic carbocycles. The lowest BCUT2D eigenvalue weighted by Crippen LogP contribution is -2.38. The van der Waals surface area contributed by atoms with Gasteiger partial charge in [-0.1, -0.05) is 6.92 Å². The molecular weight excluding hydrogens is 351 g/mol. The van der Waals surface area contributed by atoms with Crippen molar-refractivity contribution >= 4 is 31.7 Å². The van der Waals surface area contributed by atoms with E-state index in [4.69, 9.17) is 5.11 Å². The minimum atomic E-state index is -4.39. The predicted octanol–water partition coefficient (Wildman–Crippen LogP) is 0.729. The molecule has 1 aromatic rings. The molecule has 0 aromatic heterocycles. The van der Waals surface area contributed by atoms with Crippen LogP contribution in [0.1, 0.15) is 20.3 Å². The van der Waals surface area contributed by atoms with E-state index in [9.17, 15) is 26.0 Å². The Hall–Kier alpha value is -1.72. The lowest BCUT2D eigenvalue weighted by molar-refractivity contribution is -0.138. The van der Waals surface area contributed by atoms with Crippen molar-refractivity contribution in [3.8, 4) is 0 Å². The summed E-state index contributed by atoms with van der Waals surface area (Å²) in [6.45, 7) is 2.75. The van der Waals surface area contributed by atoms with Crippen LogP contribution in [0.25, 0.3) is 0 Å². The Kier molecular flexibility index (Phi) is 6.08. The topological polar surface area (TPSA) is 130 Å². The molecule has 0 bridgehead atoms. The van der Waals surface area contributed by atoms with Crippen LogP contribution in [0.2, 0.25) is 0 Å². The number of sulfonamides is 2. The van der Waals surface area contributed by atoms with Gasteiger partial charge in [-0.25, -0.2) is 21.2 Å². The smallest absolute Gasteiger partial charge is 0.321 e. The van der Waals surface area contributed by atoms with Crippen molar-refractivity contribution in [2.24, 2.45) is 0 Å². The number of aliphatic carboxylic acids is 1. The van der Waals surface area contributed by atoms with Crippen LogP contribution in [0.5, 0.6) is 0 Å². The number of rotatable bonds is 8. The van der Waals surface area contributed by atoms with Crippen LogP contribution in [0.3, 0.4) is 0 Å². The van der Waals surface area contributed by atoms with E-state index in [1.165, 1.54) is 0 Å². The van der Waals surface area contributed by atoms with Crippen molar-refractivity contribution < 1.29 is 31.1 Å². The van der Waals surface area contributed by atoms with E-state index in [1.807, 2.05) is 0 Å². The van der Waals surface area contributed by atoms with Gasteiger partial charge in [0, 0.05) is 0 Å². The van der Waals surface area contributed by atoms with Gasteiger partial charge in [-0.15, -0.1) is 0 Å². The molecule has 1 atom stereocenters. The zero-order valence-electron chi connectivity index (χ0n) is 12.4. The summed E-state index contributed by atoms with van der Waals surface area (Å²) in [5.74, 6) is -2.78. The van der Waals surface area contributed by atoms with Crippen molar-refractivity contribution in [2.75, 3.05) is 10.5 Å². The maximum atomic E-state index is 14.0. The number of nitrogens with one attached hydrogen (secondary N) is 2. The third-order valence-corrected chi connectivity index (χ3v) is 5.74. The Bertz CT molecular complexity index is 792. The van der Waals surface area contributed by atoms with Crippen molar-refractivity contribution in [3.05, 3.63) is 24.0 Å². The van der Waals surface area contributed by atoms with Crippen molar-refractivity contribution in [1.29, 1.82) is 0 Å². The molecule has 0 aliphatic rings. The van der Waals surface area contributed by atoms with E-state index in [2.05, 4.69) is 4.72 Å². The average molecular weight is 368 g/mol. The molecule has 0 saturated carbocycles. The largest absolute Gasteiger partial charge is 0.480 e. The average Bonchev–Trinajstić information content (AvgIpc) is 2.36.